The van der Waals surface area contributed by atoms with Gasteiger partial charge >= 0.3 is 0 Å². The summed E-state index contributed by atoms with van der Waals surface area (Å²) in [6, 6.07) is 6.79. The third-order valence-corrected chi connectivity index (χ3v) is 5.41. The monoisotopic (exact) mass is 322 g/mol. The van der Waals surface area contributed by atoms with Crippen LogP contribution in [0.2, 0.25) is 0 Å². The van der Waals surface area contributed by atoms with Crippen molar-refractivity contribution in [3.63, 3.8) is 0 Å². The summed E-state index contributed by atoms with van der Waals surface area (Å²) < 4.78 is 26.3. The number of nitrogens with one attached hydrogen (secondary N) is 2. The Hall–Kier alpha value is -1.93. The topological polar surface area (TPSA) is 90.9 Å². The van der Waals surface area contributed by atoms with Crippen molar-refractivity contribution in [1.29, 1.82) is 0 Å². The molecule has 1 atom stereocenters. The number of hydrogen-bond donors (Lipinski definition) is 2. The third kappa shape index (κ3) is 2.71. The number of sulfonamides is 1. The van der Waals surface area contributed by atoms with Crippen LogP contribution in [-0.2, 0) is 14.8 Å². The van der Waals surface area contributed by atoms with Gasteiger partial charge in [0.1, 0.15) is 12.4 Å². The van der Waals surface area contributed by atoms with E-state index in [1.54, 1.807) is 30.1 Å². The van der Waals surface area contributed by atoms with Crippen LogP contribution < -0.4 is 10.0 Å². The van der Waals surface area contributed by atoms with Crippen molar-refractivity contribution in [1.82, 2.24) is 14.9 Å². The molecule has 3 rings (SSSR count). The SMILES string of the molecule is CN(C(=O)CN=C1NS(=O)(=O)c2ccccc21)C1CCNC1. The first-order chi connectivity index (χ1) is 10.5. The van der Waals surface area contributed by atoms with E-state index in [2.05, 4.69) is 15.0 Å². The number of fused-ring (bicyclic) bond motifs is 1. The van der Waals surface area contributed by atoms with Crippen LogP contribution in [0.25, 0.3) is 0 Å². The predicted molar refractivity (Wildman–Crippen MR) is 82.2 cm³/mol. The van der Waals surface area contributed by atoms with Gasteiger partial charge in [-0.05, 0) is 25.1 Å². The zero-order valence-corrected chi connectivity index (χ0v) is 13.1. The Kier molecular flexibility index (Phi) is 3.88. The number of rotatable bonds is 3. The van der Waals surface area contributed by atoms with Crippen LogP contribution in [0.15, 0.2) is 34.2 Å². The molecule has 0 saturated carbocycles. The molecule has 1 unspecified atom stereocenters. The standard InChI is InChI=1S/C14H18N4O3S/c1-18(10-6-7-15-8-10)13(19)9-16-14-11-4-2-3-5-12(11)22(20,21)17-14/h2-5,10,15H,6-9H2,1H3,(H,16,17). The fourth-order valence-corrected chi connectivity index (χ4v) is 3.93. The molecule has 2 N–H and O–H groups in total. The largest absolute Gasteiger partial charge is 0.340 e. The minimum Gasteiger partial charge on any atom is -0.340 e. The van der Waals surface area contributed by atoms with Crippen molar-refractivity contribution in [2.24, 2.45) is 4.99 Å². The molecule has 0 bridgehead atoms. The second-order valence-corrected chi connectivity index (χ2v) is 7.07. The highest BCUT2D eigenvalue weighted by Gasteiger charge is 2.30. The lowest BCUT2D eigenvalue weighted by atomic mass is 10.2. The van der Waals surface area contributed by atoms with E-state index in [1.807, 2.05) is 0 Å². The molecule has 1 fully saturated rings. The first-order valence-corrected chi connectivity index (χ1v) is 8.60. The normalized spacial score (nSPS) is 24.0. The maximum atomic E-state index is 12.2. The van der Waals surface area contributed by atoms with E-state index in [9.17, 15) is 13.2 Å². The molecule has 0 spiro atoms. The molecule has 118 valence electrons. The summed E-state index contributed by atoms with van der Waals surface area (Å²) in [5, 5.41) is 3.21. The number of nitrogens with zero attached hydrogens (tertiary/aromatic N) is 2. The first-order valence-electron chi connectivity index (χ1n) is 7.12. The van der Waals surface area contributed by atoms with Crippen molar-refractivity contribution < 1.29 is 13.2 Å². The summed E-state index contributed by atoms with van der Waals surface area (Å²) in [5.41, 5.74) is 0.514. The summed E-state index contributed by atoms with van der Waals surface area (Å²) in [7, 11) is -1.80. The van der Waals surface area contributed by atoms with Crippen molar-refractivity contribution >= 4 is 21.8 Å². The van der Waals surface area contributed by atoms with E-state index in [-0.39, 0.29) is 29.2 Å². The average Bonchev–Trinajstić information content (AvgIpc) is 3.12. The Bertz CT molecular complexity index is 723. The predicted octanol–water partition coefficient (Wildman–Crippen LogP) is -0.455. The van der Waals surface area contributed by atoms with Crippen LogP contribution in [0.5, 0.6) is 0 Å². The van der Waals surface area contributed by atoms with Gasteiger partial charge in [-0.2, -0.15) is 0 Å². The maximum absolute atomic E-state index is 12.2. The number of likely N-dealkylation sites (N-methyl/N-ethyl adjacent to an activating group) is 1. The van der Waals surface area contributed by atoms with Gasteiger partial charge in [-0.1, -0.05) is 12.1 Å². The van der Waals surface area contributed by atoms with Crippen LogP contribution in [-0.4, -0.2) is 57.8 Å². The van der Waals surface area contributed by atoms with Crippen molar-refractivity contribution in [3.8, 4) is 0 Å². The number of carbonyl (C=O) groups excluding carboxylic acids is 1. The van der Waals surface area contributed by atoms with E-state index in [0.29, 0.717) is 5.56 Å². The Morgan fingerprint density at radius 1 is 1.41 bits per heavy atom. The zero-order valence-electron chi connectivity index (χ0n) is 12.2. The fraction of sp³-hybridized carbons (Fsp3) is 0.429. The fourth-order valence-electron chi connectivity index (χ4n) is 2.68. The Balaban J connectivity index is 1.75. The van der Waals surface area contributed by atoms with Gasteiger partial charge in [-0.3, -0.25) is 14.5 Å². The number of amidine groups is 1. The highest BCUT2D eigenvalue weighted by Crippen LogP contribution is 2.22. The second kappa shape index (κ2) is 5.69. The Labute approximate surface area is 129 Å². The zero-order chi connectivity index (χ0) is 15.7. The molecule has 1 aromatic carbocycles. The van der Waals surface area contributed by atoms with E-state index in [1.165, 1.54) is 6.07 Å². The van der Waals surface area contributed by atoms with Crippen LogP contribution >= 0.6 is 0 Å². The molecule has 1 amide bonds. The van der Waals surface area contributed by atoms with Crippen LogP contribution in [0, 0.1) is 0 Å². The summed E-state index contributed by atoms with van der Waals surface area (Å²) >= 11 is 0. The average molecular weight is 322 g/mol. The molecule has 8 heteroatoms. The number of aliphatic imine (C=N–C) groups is 1. The van der Waals surface area contributed by atoms with Gasteiger partial charge in [0.25, 0.3) is 10.0 Å². The number of amides is 1. The molecule has 0 radical (unpaired) electrons. The first kappa shape index (κ1) is 15.0. The number of carbonyl (C=O) groups is 1. The lowest BCUT2D eigenvalue weighted by Gasteiger charge is -2.22. The summed E-state index contributed by atoms with van der Waals surface area (Å²) in [6.45, 7) is 1.62. The van der Waals surface area contributed by atoms with Gasteiger partial charge < -0.3 is 10.2 Å². The molecule has 22 heavy (non-hydrogen) atoms. The lowest BCUT2D eigenvalue weighted by Crippen LogP contribution is -2.40. The molecule has 2 heterocycles. The maximum Gasteiger partial charge on any atom is 0.263 e. The Morgan fingerprint density at radius 3 is 2.91 bits per heavy atom. The van der Waals surface area contributed by atoms with Crippen molar-refractivity contribution in [2.45, 2.75) is 17.4 Å². The summed E-state index contributed by atoms with van der Waals surface area (Å²) in [6.07, 6.45) is 0.925. The second-order valence-electron chi connectivity index (χ2n) is 5.42. The van der Waals surface area contributed by atoms with E-state index in [0.717, 1.165) is 19.5 Å². The van der Waals surface area contributed by atoms with Crippen LogP contribution in [0.1, 0.15) is 12.0 Å². The molecule has 1 aromatic rings. The van der Waals surface area contributed by atoms with Gasteiger partial charge in [0.05, 0.1) is 4.90 Å². The summed E-state index contributed by atoms with van der Waals surface area (Å²) in [4.78, 5) is 18.2. The lowest BCUT2D eigenvalue weighted by molar-refractivity contribution is -0.130. The third-order valence-electron chi connectivity index (χ3n) is 4.01. The molecule has 7 nitrogen and oxygen atoms in total. The summed E-state index contributed by atoms with van der Waals surface area (Å²) in [5.74, 6) is 0.117. The molecule has 2 aliphatic heterocycles. The van der Waals surface area contributed by atoms with Gasteiger partial charge in [-0.25, -0.2) is 8.42 Å². The van der Waals surface area contributed by atoms with E-state index < -0.39 is 10.0 Å². The molecule has 2 aliphatic rings. The highest BCUT2D eigenvalue weighted by molar-refractivity contribution is 7.90. The van der Waals surface area contributed by atoms with Crippen LogP contribution in [0.3, 0.4) is 0 Å². The van der Waals surface area contributed by atoms with Gasteiger partial charge in [0, 0.05) is 25.2 Å². The minimum atomic E-state index is -3.55. The van der Waals surface area contributed by atoms with Crippen molar-refractivity contribution in [3.05, 3.63) is 29.8 Å². The van der Waals surface area contributed by atoms with Gasteiger partial charge in [-0.15, -0.1) is 0 Å². The highest BCUT2D eigenvalue weighted by atomic mass is 32.2. The quantitative estimate of drug-likeness (QED) is 0.788. The molecule has 1 saturated heterocycles. The molecule has 0 aromatic heterocycles. The molecular weight excluding hydrogens is 304 g/mol. The molecular formula is C14H18N4O3S. The van der Waals surface area contributed by atoms with Gasteiger partial charge in [0.15, 0.2) is 0 Å². The smallest absolute Gasteiger partial charge is 0.263 e. The molecule has 0 aliphatic carbocycles. The number of benzene rings is 1. The van der Waals surface area contributed by atoms with E-state index >= 15 is 0 Å². The van der Waals surface area contributed by atoms with Gasteiger partial charge in [0.2, 0.25) is 5.91 Å². The Morgan fingerprint density at radius 2 is 2.18 bits per heavy atom. The minimum absolute atomic E-state index is 0.0703. The number of hydrogen-bond acceptors (Lipinski definition) is 5. The van der Waals surface area contributed by atoms with Crippen molar-refractivity contribution in [2.75, 3.05) is 26.7 Å². The van der Waals surface area contributed by atoms with E-state index in [4.69, 9.17) is 0 Å². The van der Waals surface area contributed by atoms with Crippen LogP contribution in [0.4, 0.5) is 0 Å².